The summed E-state index contributed by atoms with van der Waals surface area (Å²) in [4.78, 5) is 26.3. The maximum Gasteiger partial charge on any atom is 0.255 e. The van der Waals surface area contributed by atoms with Crippen molar-refractivity contribution in [2.45, 2.75) is 26.2 Å². The lowest BCUT2D eigenvalue weighted by molar-refractivity contribution is -0.116. The number of ether oxygens (including phenoxy) is 2. The van der Waals surface area contributed by atoms with E-state index in [9.17, 15) is 9.59 Å². The number of rotatable bonds is 2. The van der Waals surface area contributed by atoms with E-state index in [0.29, 0.717) is 41.0 Å². The Bertz CT molecular complexity index is 944. The molecule has 146 valence electrons. The van der Waals surface area contributed by atoms with Gasteiger partial charge >= 0.3 is 0 Å². The van der Waals surface area contributed by atoms with Crippen molar-refractivity contribution < 1.29 is 19.1 Å². The second-order valence-corrected chi connectivity index (χ2v) is 7.31. The van der Waals surface area contributed by atoms with Gasteiger partial charge in [-0.25, -0.2) is 0 Å². The average Bonchev–Trinajstić information content (AvgIpc) is 2.93. The van der Waals surface area contributed by atoms with Gasteiger partial charge in [-0.3, -0.25) is 9.59 Å². The number of amides is 2. The first-order valence-electron chi connectivity index (χ1n) is 9.34. The third kappa shape index (κ3) is 3.64. The Balaban J connectivity index is 1.57. The van der Waals surface area contributed by atoms with Gasteiger partial charge in [0.2, 0.25) is 5.91 Å². The van der Waals surface area contributed by atoms with Gasteiger partial charge < -0.3 is 19.7 Å². The molecule has 2 amide bonds. The summed E-state index contributed by atoms with van der Waals surface area (Å²) in [5.74, 6) is 0.711. The Morgan fingerprint density at radius 2 is 1.93 bits per heavy atom. The maximum absolute atomic E-state index is 12.7. The smallest absolute Gasteiger partial charge is 0.255 e. The van der Waals surface area contributed by atoms with E-state index in [0.717, 1.165) is 37.1 Å². The van der Waals surface area contributed by atoms with E-state index in [4.69, 9.17) is 21.1 Å². The molecule has 28 heavy (non-hydrogen) atoms. The summed E-state index contributed by atoms with van der Waals surface area (Å²) in [6, 6.07) is 8.85. The first kappa shape index (κ1) is 18.6. The van der Waals surface area contributed by atoms with Crippen LogP contribution >= 0.6 is 11.6 Å². The fourth-order valence-corrected chi connectivity index (χ4v) is 3.83. The average molecular weight is 401 g/mol. The minimum Gasteiger partial charge on any atom is -0.489 e. The zero-order valence-corrected chi connectivity index (χ0v) is 16.3. The Morgan fingerprint density at radius 3 is 2.75 bits per heavy atom. The van der Waals surface area contributed by atoms with Crippen molar-refractivity contribution in [1.82, 2.24) is 0 Å². The zero-order chi connectivity index (χ0) is 19.7. The monoisotopic (exact) mass is 400 g/mol. The Morgan fingerprint density at radius 1 is 1.11 bits per heavy atom. The molecule has 7 heteroatoms. The third-order valence-corrected chi connectivity index (χ3v) is 5.18. The quantitative estimate of drug-likeness (QED) is 0.825. The summed E-state index contributed by atoms with van der Waals surface area (Å²) < 4.78 is 11.3. The molecular weight excluding hydrogens is 380 g/mol. The summed E-state index contributed by atoms with van der Waals surface area (Å²) >= 11 is 6.29. The minimum atomic E-state index is -0.281. The van der Waals surface area contributed by atoms with Crippen LogP contribution in [0.15, 0.2) is 30.3 Å². The highest BCUT2D eigenvalue weighted by molar-refractivity contribution is 6.32. The summed E-state index contributed by atoms with van der Waals surface area (Å²) in [7, 11) is 0. The van der Waals surface area contributed by atoms with Gasteiger partial charge in [-0.05, 0) is 48.7 Å². The second kappa shape index (κ2) is 7.72. The predicted octanol–water partition coefficient (Wildman–Crippen LogP) is 4.05. The van der Waals surface area contributed by atoms with Crippen molar-refractivity contribution in [2.24, 2.45) is 0 Å². The summed E-state index contributed by atoms with van der Waals surface area (Å²) in [5, 5.41) is 3.26. The molecule has 0 aromatic heterocycles. The van der Waals surface area contributed by atoms with E-state index < -0.39 is 0 Å². The number of halogens is 1. The van der Waals surface area contributed by atoms with Gasteiger partial charge in [-0.2, -0.15) is 0 Å². The van der Waals surface area contributed by atoms with Gasteiger partial charge in [0.05, 0.1) is 18.2 Å². The van der Waals surface area contributed by atoms with Crippen LogP contribution in [0.4, 0.5) is 11.4 Å². The molecule has 4 rings (SSSR count). The zero-order valence-electron chi connectivity index (χ0n) is 15.6. The number of fused-ring (bicyclic) bond motifs is 2. The van der Waals surface area contributed by atoms with Gasteiger partial charge in [0.1, 0.15) is 0 Å². The number of nitrogens with one attached hydrogen (secondary N) is 1. The van der Waals surface area contributed by atoms with Gasteiger partial charge in [-0.1, -0.05) is 11.6 Å². The van der Waals surface area contributed by atoms with Crippen LogP contribution in [0.1, 0.15) is 35.7 Å². The number of hydrogen-bond donors (Lipinski definition) is 1. The molecule has 0 atom stereocenters. The number of carbonyl (C=O) groups excluding carboxylic acids is 2. The lowest BCUT2D eigenvalue weighted by Gasteiger charge is -2.29. The molecule has 2 aromatic rings. The van der Waals surface area contributed by atoms with E-state index in [-0.39, 0.29) is 11.8 Å². The number of hydrogen-bond acceptors (Lipinski definition) is 4. The van der Waals surface area contributed by atoms with E-state index in [2.05, 4.69) is 5.32 Å². The van der Waals surface area contributed by atoms with Gasteiger partial charge in [0.15, 0.2) is 11.5 Å². The number of aryl methyl sites for hydroxylation is 1. The van der Waals surface area contributed by atoms with Crippen LogP contribution in [0, 0.1) is 0 Å². The molecule has 0 spiro atoms. The van der Waals surface area contributed by atoms with E-state index in [1.54, 1.807) is 24.0 Å². The molecule has 0 aliphatic carbocycles. The van der Waals surface area contributed by atoms with Crippen molar-refractivity contribution in [3.8, 4) is 11.5 Å². The predicted molar refractivity (Wildman–Crippen MR) is 108 cm³/mol. The van der Waals surface area contributed by atoms with Crippen LogP contribution in [-0.2, 0) is 11.2 Å². The van der Waals surface area contributed by atoms with E-state index >= 15 is 0 Å². The molecule has 2 aromatic carbocycles. The lowest BCUT2D eigenvalue weighted by Crippen LogP contribution is -2.33. The van der Waals surface area contributed by atoms with Crippen LogP contribution in [0.25, 0.3) is 0 Å². The molecule has 0 unspecified atom stereocenters. The first-order chi connectivity index (χ1) is 13.5. The highest BCUT2D eigenvalue weighted by Gasteiger charge is 2.21. The Hall–Kier alpha value is -2.73. The van der Waals surface area contributed by atoms with Crippen LogP contribution in [0.2, 0.25) is 5.02 Å². The number of benzene rings is 2. The summed E-state index contributed by atoms with van der Waals surface area (Å²) in [5.41, 5.74) is 3.04. The largest absolute Gasteiger partial charge is 0.489 e. The van der Waals surface area contributed by atoms with Crippen LogP contribution in [0.5, 0.6) is 11.5 Å². The van der Waals surface area contributed by atoms with Crippen molar-refractivity contribution in [2.75, 3.05) is 30.0 Å². The Kier molecular flexibility index (Phi) is 5.13. The van der Waals surface area contributed by atoms with E-state index in [1.165, 1.54) is 0 Å². The van der Waals surface area contributed by atoms with Gasteiger partial charge in [0.25, 0.3) is 5.91 Å². The fourth-order valence-electron chi connectivity index (χ4n) is 3.57. The van der Waals surface area contributed by atoms with E-state index in [1.807, 2.05) is 18.2 Å². The van der Waals surface area contributed by atoms with Crippen molar-refractivity contribution in [3.63, 3.8) is 0 Å². The van der Waals surface area contributed by atoms with Crippen LogP contribution in [-0.4, -0.2) is 31.6 Å². The number of anilines is 2. The third-order valence-electron chi connectivity index (χ3n) is 4.90. The topological polar surface area (TPSA) is 67.9 Å². The van der Waals surface area contributed by atoms with Crippen LogP contribution < -0.4 is 19.7 Å². The number of carbonyl (C=O) groups is 2. The molecule has 2 aliphatic heterocycles. The molecular formula is C21H21ClN2O4. The summed E-state index contributed by atoms with van der Waals surface area (Å²) in [6.07, 6.45) is 2.54. The molecule has 0 bridgehead atoms. The maximum atomic E-state index is 12.7. The molecule has 0 saturated heterocycles. The molecule has 1 N–H and O–H groups in total. The van der Waals surface area contributed by atoms with Crippen molar-refractivity contribution >= 4 is 34.8 Å². The number of nitrogens with zero attached hydrogens (tertiary/aromatic N) is 1. The molecule has 0 fully saturated rings. The highest BCUT2D eigenvalue weighted by Crippen LogP contribution is 2.38. The molecule has 2 heterocycles. The first-order valence-corrected chi connectivity index (χ1v) is 9.72. The normalized spacial score (nSPS) is 15.4. The molecule has 0 saturated carbocycles. The molecule has 2 aliphatic rings. The Labute approximate surface area is 168 Å². The van der Waals surface area contributed by atoms with Crippen molar-refractivity contribution in [3.05, 3.63) is 46.5 Å². The molecule has 0 radical (unpaired) electrons. The standard InChI is InChI=1S/C21H21ClN2O4/c1-13(25)24-7-2-4-14-10-16(5-6-18(14)24)23-21(26)15-11-17(22)20-19(12-15)27-8-3-9-28-20/h5-6,10-12H,2-4,7-9H2,1H3,(H,23,26). The summed E-state index contributed by atoms with van der Waals surface area (Å²) in [6.45, 7) is 3.35. The van der Waals surface area contributed by atoms with Crippen molar-refractivity contribution in [1.29, 1.82) is 0 Å². The minimum absolute atomic E-state index is 0.0274. The van der Waals surface area contributed by atoms with Gasteiger partial charge in [-0.15, -0.1) is 0 Å². The van der Waals surface area contributed by atoms with Crippen LogP contribution in [0.3, 0.4) is 0 Å². The lowest BCUT2D eigenvalue weighted by atomic mass is 10.0. The van der Waals surface area contributed by atoms with Gasteiger partial charge in [0, 0.05) is 36.8 Å². The highest BCUT2D eigenvalue weighted by atomic mass is 35.5. The fraction of sp³-hybridized carbons (Fsp3) is 0.333. The second-order valence-electron chi connectivity index (χ2n) is 6.91. The SMILES string of the molecule is CC(=O)N1CCCc2cc(NC(=O)c3cc(Cl)c4c(c3)OCCCO4)ccc21. The molecule has 6 nitrogen and oxygen atoms in total.